The Morgan fingerprint density at radius 2 is 2.10 bits per heavy atom. The maximum absolute atomic E-state index is 13.1. The lowest BCUT2D eigenvalue weighted by Crippen LogP contribution is -2.32. The first kappa shape index (κ1) is 22.8. The summed E-state index contributed by atoms with van der Waals surface area (Å²) in [6, 6.07) is 3.97. The van der Waals surface area contributed by atoms with Gasteiger partial charge in [0.1, 0.15) is 5.75 Å². The van der Waals surface area contributed by atoms with E-state index in [2.05, 4.69) is 16.3 Å². The largest absolute Gasteiger partial charge is 0.573 e. The molecule has 2 aliphatic heterocycles. The predicted molar refractivity (Wildman–Crippen MR) is 111 cm³/mol. The number of Topliss-reactive ketones (excluding diaryl/α,β-unsaturated/α-hetero) is 1. The van der Waals surface area contributed by atoms with Gasteiger partial charge in [-0.25, -0.2) is 0 Å². The molecule has 3 unspecified atom stereocenters. The number of carbonyl (C=O) groups excluding carboxylic acids is 2. The number of ketones is 1. The standard InChI is InChI=1S/C23H25F3N2O3/c1-5-6-13(2)21(29)20-18-12-28(22(30)17(18)9-10-27-20)15(4)16-7-8-19(14(3)11-16)31-23(24,25)26/h7-11,15,17-18H,2,5-6,12H2,1,3-4H3. The Labute approximate surface area is 179 Å². The Bertz CT molecular complexity index is 965. The van der Waals surface area contributed by atoms with Gasteiger partial charge < -0.3 is 9.64 Å². The van der Waals surface area contributed by atoms with Crippen LogP contribution in [-0.4, -0.2) is 35.2 Å². The van der Waals surface area contributed by atoms with E-state index >= 15 is 0 Å². The molecule has 1 aromatic carbocycles. The third kappa shape index (κ3) is 4.73. The fraction of sp³-hybridized carbons (Fsp3) is 0.435. The van der Waals surface area contributed by atoms with E-state index in [1.54, 1.807) is 17.0 Å². The Balaban J connectivity index is 1.81. The van der Waals surface area contributed by atoms with Crippen molar-refractivity contribution in [3.8, 4) is 5.75 Å². The molecule has 5 nitrogen and oxygen atoms in total. The Morgan fingerprint density at radius 3 is 2.71 bits per heavy atom. The van der Waals surface area contributed by atoms with E-state index in [-0.39, 0.29) is 29.4 Å². The molecule has 166 valence electrons. The smallest absolute Gasteiger partial charge is 0.406 e. The van der Waals surface area contributed by atoms with E-state index in [0.29, 0.717) is 35.4 Å². The monoisotopic (exact) mass is 434 g/mol. The average molecular weight is 434 g/mol. The van der Waals surface area contributed by atoms with Crippen LogP contribution in [0, 0.1) is 18.8 Å². The van der Waals surface area contributed by atoms with E-state index in [9.17, 15) is 22.8 Å². The van der Waals surface area contributed by atoms with Crippen LogP contribution in [-0.2, 0) is 9.59 Å². The summed E-state index contributed by atoms with van der Waals surface area (Å²) in [7, 11) is 0. The van der Waals surface area contributed by atoms with Gasteiger partial charge in [-0.3, -0.25) is 14.6 Å². The molecule has 8 heteroatoms. The van der Waals surface area contributed by atoms with Crippen molar-refractivity contribution in [2.75, 3.05) is 6.54 Å². The number of halogens is 3. The number of aryl methyl sites for hydroxylation is 1. The van der Waals surface area contributed by atoms with Crippen LogP contribution >= 0.6 is 0 Å². The summed E-state index contributed by atoms with van der Waals surface area (Å²) in [6.07, 6.45) is -0.220. The van der Waals surface area contributed by atoms with Crippen molar-refractivity contribution in [2.45, 2.75) is 46.0 Å². The minimum atomic E-state index is -4.77. The van der Waals surface area contributed by atoms with Gasteiger partial charge in [-0.2, -0.15) is 0 Å². The number of hydrogen-bond acceptors (Lipinski definition) is 4. The van der Waals surface area contributed by atoms with Gasteiger partial charge >= 0.3 is 6.36 Å². The SMILES string of the molecule is C=C(CCC)C(=O)C1=NC=CC2C(=O)N(C(C)c3ccc(OC(F)(F)F)c(C)c3)CC12. The van der Waals surface area contributed by atoms with Crippen molar-refractivity contribution >= 4 is 17.4 Å². The zero-order valence-electron chi connectivity index (χ0n) is 17.7. The second-order valence-electron chi connectivity index (χ2n) is 7.91. The van der Waals surface area contributed by atoms with Crippen molar-refractivity contribution in [1.82, 2.24) is 4.90 Å². The van der Waals surface area contributed by atoms with Gasteiger partial charge in [-0.15, -0.1) is 13.2 Å². The van der Waals surface area contributed by atoms with Crippen LogP contribution < -0.4 is 4.74 Å². The zero-order chi connectivity index (χ0) is 22.9. The van der Waals surface area contributed by atoms with E-state index in [4.69, 9.17) is 0 Å². The van der Waals surface area contributed by atoms with Crippen LogP contribution in [0.1, 0.15) is 43.9 Å². The molecule has 1 amide bonds. The molecule has 0 N–H and O–H groups in total. The second-order valence-corrected chi connectivity index (χ2v) is 7.91. The van der Waals surface area contributed by atoms with Gasteiger partial charge in [0.15, 0.2) is 0 Å². The highest BCUT2D eigenvalue weighted by molar-refractivity contribution is 6.47. The fourth-order valence-electron chi connectivity index (χ4n) is 4.09. The molecule has 0 bridgehead atoms. The van der Waals surface area contributed by atoms with Crippen molar-refractivity contribution in [2.24, 2.45) is 16.8 Å². The summed E-state index contributed by atoms with van der Waals surface area (Å²) in [5.41, 5.74) is 1.83. The summed E-state index contributed by atoms with van der Waals surface area (Å²) in [6.45, 7) is 9.45. The minimum Gasteiger partial charge on any atom is -0.406 e. The summed E-state index contributed by atoms with van der Waals surface area (Å²) >= 11 is 0. The van der Waals surface area contributed by atoms with Crippen LogP contribution in [0.25, 0.3) is 0 Å². The molecule has 1 saturated heterocycles. The molecule has 2 aliphatic rings. The minimum absolute atomic E-state index is 0.136. The molecule has 0 spiro atoms. The quantitative estimate of drug-likeness (QED) is 0.572. The maximum atomic E-state index is 13.1. The second kappa shape index (κ2) is 8.69. The van der Waals surface area contributed by atoms with Crippen LogP contribution in [0.4, 0.5) is 13.2 Å². The normalized spacial score (nSPS) is 21.5. The topological polar surface area (TPSA) is 59.0 Å². The lowest BCUT2D eigenvalue weighted by atomic mass is 9.85. The first-order valence-electron chi connectivity index (χ1n) is 10.2. The van der Waals surface area contributed by atoms with E-state index in [1.807, 2.05) is 13.8 Å². The van der Waals surface area contributed by atoms with Gasteiger partial charge in [0, 0.05) is 18.7 Å². The Morgan fingerprint density at radius 1 is 1.39 bits per heavy atom. The molecule has 0 saturated carbocycles. The number of nitrogens with zero attached hydrogens (tertiary/aromatic N) is 2. The van der Waals surface area contributed by atoms with Crippen molar-refractivity contribution in [3.05, 3.63) is 53.8 Å². The lowest BCUT2D eigenvalue weighted by Gasteiger charge is -2.26. The van der Waals surface area contributed by atoms with Gasteiger partial charge in [-0.1, -0.05) is 38.1 Å². The summed E-state index contributed by atoms with van der Waals surface area (Å²) in [4.78, 5) is 31.8. The van der Waals surface area contributed by atoms with Gasteiger partial charge in [0.25, 0.3) is 0 Å². The Kier molecular flexibility index (Phi) is 6.38. The number of likely N-dealkylation sites (tertiary alicyclic amines) is 1. The molecule has 0 radical (unpaired) electrons. The molecule has 0 aliphatic carbocycles. The highest BCUT2D eigenvalue weighted by Gasteiger charge is 2.46. The number of fused-ring (bicyclic) bond motifs is 1. The van der Waals surface area contributed by atoms with E-state index in [1.165, 1.54) is 25.3 Å². The van der Waals surface area contributed by atoms with Crippen LogP contribution in [0.3, 0.4) is 0 Å². The number of hydrogen-bond donors (Lipinski definition) is 0. The predicted octanol–water partition coefficient (Wildman–Crippen LogP) is 4.92. The molecule has 1 fully saturated rings. The molecule has 2 heterocycles. The van der Waals surface area contributed by atoms with Crippen LogP contribution in [0.2, 0.25) is 0 Å². The Hall–Kier alpha value is -2.90. The molecule has 31 heavy (non-hydrogen) atoms. The van der Waals surface area contributed by atoms with E-state index < -0.39 is 12.3 Å². The van der Waals surface area contributed by atoms with E-state index in [0.717, 1.165) is 6.42 Å². The first-order chi connectivity index (χ1) is 14.5. The summed E-state index contributed by atoms with van der Waals surface area (Å²) in [5.74, 6) is -1.48. The average Bonchev–Trinajstić information content (AvgIpc) is 3.04. The van der Waals surface area contributed by atoms with Gasteiger partial charge in [0.2, 0.25) is 11.7 Å². The van der Waals surface area contributed by atoms with Crippen LogP contribution in [0.5, 0.6) is 5.75 Å². The number of carbonyl (C=O) groups is 2. The molecule has 3 rings (SSSR count). The molecule has 1 aromatic rings. The number of alkyl halides is 3. The van der Waals surface area contributed by atoms with Crippen molar-refractivity contribution in [1.29, 1.82) is 0 Å². The summed E-state index contributed by atoms with van der Waals surface area (Å²) < 4.78 is 41.6. The highest BCUT2D eigenvalue weighted by Crippen LogP contribution is 2.37. The molecular formula is C23H25F3N2O3. The number of aliphatic imine (C=N–C) groups is 1. The van der Waals surface area contributed by atoms with Crippen molar-refractivity contribution < 1.29 is 27.5 Å². The van der Waals surface area contributed by atoms with Gasteiger partial charge in [-0.05, 0) is 43.0 Å². The number of rotatable bonds is 7. The number of amides is 1. The number of benzene rings is 1. The number of ether oxygens (including phenoxy) is 1. The maximum Gasteiger partial charge on any atom is 0.573 e. The summed E-state index contributed by atoms with van der Waals surface area (Å²) in [5, 5.41) is 0. The third-order valence-electron chi connectivity index (χ3n) is 5.73. The van der Waals surface area contributed by atoms with Crippen LogP contribution in [0.15, 0.2) is 47.6 Å². The molecular weight excluding hydrogens is 409 g/mol. The number of allylic oxidation sites excluding steroid dienone is 1. The molecule has 0 aromatic heterocycles. The lowest BCUT2D eigenvalue weighted by molar-refractivity contribution is -0.274. The fourth-order valence-corrected chi connectivity index (χ4v) is 4.09. The third-order valence-corrected chi connectivity index (χ3v) is 5.73. The highest BCUT2D eigenvalue weighted by atomic mass is 19.4. The first-order valence-corrected chi connectivity index (χ1v) is 10.2. The van der Waals surface area contributed by atoms with Gasteiger partial charge in [0.05, 0.1) is 17.7 Å². The van der Waals surface area contributed by atoms with Crippen molar-refractivity contribution in [3.63, 3.8) is 0 Å². The molecule has 3 atom stereocenters. The zero-order valence-corrected chi connectivity index (χ0v) is 17.7.